The molecule has 0 aromatic heterocycles. The van der Waals surface area contributed by atoms with Crippen LogP contribution in [-0.4, -0.2) is 46.4 Å². The van der Waals surface area contributed by atoms with Crippen LogP contribution in [0.2, 0.25) is 0 Å². The van der Waals surface area contributed by atoms with Crippen LogP contribution in [0.15, 0.2) is 61.2 Å². The highest BCUT2D eigenvalue weighted by Gasteiger charge is 2.48. The Labute approximate surface area is 229 Å². The SMILES string of the molecule is C=Cc1cccc(C(C(=O)NCc2ccccc2)N(C(=O)C(CC(N)=O)NC(=O)OC(C)(C)C)C2CC2C)c1. The molecule has 9 nitrogen and oxygen atoms in total. The summed E-state index contributed by atoms with van der Waals surface area (Å²) in [5.74, 6) is -1.62. The van der Waals surface area contributed by atoms with Gasteiger partial charge in [-0.05, 0) is 55.9 Å². The van der Waals surface area contributed by atoms with Crippen LogP contribution in [0.5, 0.6) is 0 Å². The summed E-state index contributed by atoms with van der Waals surface area (Å²) in [5, 5.41) is 5.46. The number of hydrogen-bond donors (Lipinski definition) is 3. The number of hydrogen-bond acceptors (Lipinski definition) is 5. The van der Waals surface area contributed by atoms with Gasteiger partial charge in [0.15, 0.2) is 0 Å². The van der Waals surface area contributed by atoms with Crippen LogP contribution in [0.4, 0.5) is 4.79 Å². The molecule has 3 rings (SSSR count). The second-order valence-electron chi connectivity index (χ2n) is 10.9. The average Bonchev–Trinajstić information content (AvgIpc) is 3.59. The van der Waals surface area contributed by atoms with Gasteiger partial charge in [0, 0.05) is 12.6 Å². The van der Waals surface area contributed by atoms with Gasteiger partial charge in [0.25, 0.3) is 0 Å². The predicted octanol–water partition coefficient (Wildman–Crippen LogP) is 3.69. The van der Waals surface area contributed by atoms with Crippen molar-refractivity contribution in [2.24, 2.45) is 11.7 Å². The normalized spacial score (nSPS) is 17.7. The lowest BCUT2D eigenvalue weighted by Gasteiger charge is -2.35. The maximum atomic E-state index is 14.1. The van der Waals surface area contributed by atoms with E-state index in [0.717, 1.165) is 11.1 Å². The van der Waals surface area contributed by atoms with Gasteiger partial charge in [-0.15, -0.1) is 0 Å². The van der Waals surface area contributed by atoms with Crippen molar-refractivity contribution in [2.75, 3.05) is 0 Å². The van der Waals surface area contributed by atoms with Crippen molar-refractivity contribution in [1.29, 1.82) is 0 Å². The molecule has 0 spiro atoms. The van der Waals surface area contributed by atoms with Gasteiger partial charge >= 0.3 is 6.09 Å². The molecule has 4 N–H and O–H groups in total. The first-order valence-corrected chi connectivity index (χ1v) is 13.0. The number of benzene rings is 2. The van der Waals surface area contributed by atoms with Gasteiger partial charge in [0.2, 0.25) is 17.7 Å². The zero-order chi connectivity index (χ0) is 28.7. The summed E-state index contributed by atoms with van der Waals surface area (Å²) in [5.41, 5.74) is 6.91. The standard InChI is InChI=1S/C30H38N4O5/c1-6-20-13-10-14-22(16-20)26(27(36)32-18-21-11-8-7-9-12-21)34(24-15-19(24)2)28(37)23(17-25(31)35)33-29(38)39-30(3,4)5/h6-14,16,19,23-24,26H,1,15,17-18H2,2-5H3,(H2,31,35)(H,32,36)(H,33,38). The molecule has 1 saturated carbocycles. The Hall–Kier alpha value is -4.14. The summed E-state index contributed by atoms with van der Waals surface area (Å²) >= 11 is 0. The van der Waals surface area contributed by atoms with E-state index >= 15 is 0 Å². The smallest absolute Gasteiger partial charge is 0.408 e. The third-order valence-electron chi connectivity index (χ3n) is 6.37. The zero-order valence-corrected chi connectivity index (χ0v) is 23.0. The predicted molar refractivity (Wildman–Crippen MR) is 149 cm³/mol. The van der Waals surface area contributed by atoms with Crippen LogP contribution in [0.25, 0.3) is 6.08 Å². The van der Waals surface area contributed by atoms with Gasteiger partial charge in [-0.2, -0.15) is 0 Å². The number of amides is 4. The number of primary amides is 1. The largest absolute Gasteiger partial charge is 0.444 e. The van der Waals surface area contributed by atoms with E-state index in [-0.39, 0.29) is 24.4 Å². The van der Waals surface area contributed by atoms with Crippen LogP contribution >= 0.6 is 0 Å². The number of alkyl carbamates (subject to hydrolysis) is 1. The van der Waals surface area contributed by atoms with Gasteiger partial charge in [0.1, 0.15) is 17.7 Å². The van der Waals surface area contributed by atoms with E-state index in [0.29, 0.717) is 12.0 Å². The molecule has 208 valence electrons. The molecule has 0 bridgehead atoms. The summed E-state index contributed by atoms with van der Waals surface area (Å²) in [6.07, 6.45) is 1.03. The molecular weight excluding hydrogens is 496 g/mol. The Morgan fingerprint density at radius 1 is 1.13 bits per heavy atom. The van der Waals surface area contributed by atoms with Crippen LogP contribution in [0, 0.1) is 5.92 Å². The monoisotopic (exact) mass is 534 g/mol. The second-order valence-corrected chi connectivity index (χ2v) is 10.9. The molecule has 4 atom stereocenters. The lowest BCUT2D eigenvalue weighted by Crippen LogP contribution is -2.55. The molecule has 0 heterocycles. The Bertz CT molecular complexity index is 1210. The molecule has 2 aromatic carbocycles. The van der Waals surface area contributed by atoms with Crippen LogP contribution in [0.1, 0.15) is 63.3 Å². The molecule has 4 unspecified atom stereocenters. The molecule has 0 radical (unpaired) electrons. The van der Waals surface area contributed by atoms with E-state index in [4.69, 9.17) is 10.5 Å². The molecule has 1 aliphatic rings. The number of rotatable bonds is 11. The molecule has 39 heavy (non-hydrogen) atoms. The molecule has 1 fully saturated rings. The van der Waals surface area contributed by atoms with E-state index < -0.39 is 42.0 Å². The summed E-state index contributed by atoms with van der Waals surface area (Å²) in [6, 6.07) is 14.1. The summed E-state index contributed by atoms with van der Waals surface area (Å²) in [6.45, 7) is 11.1. The lowest BCUT2D eigenvalue weighted by atomic mass is 9.99. The van der Waals surface area contributed by atoms with E-state index in [1.165, 1.54) is 4.90 Å². The molecule has 0 aliphatic heterocycles. The fourth-order valence-electron chi connectivity index (χ4n) is 4.38. The van der Waals surface area contributed by atoms with Crippen molar-refractivity contribution in [1.82, 2.24) is 15.5 Å². The molecule has 9 heteroatoms. The molecule has 2 aromatic rings. The topological polar surface area (TPSA) is 131 Å². The highest BCUT2D eigenvalue weighted by Crippen LogP contribution is 2.41. The first kappa shape index (κ1) is 29.4. The van der Waals surface area contributed by atoms with Crippen molar-refractivity contribution in [2.45, 2.75) is 70.8 Å². The third kappa shape index (κ3) is 8.43. The number of nitrogens with two attached hydrogens (primary N) is 1. The third-order valence-corrected chi connectivity index (χ3v) is 6.37. The highest BCUT2D eigenvalue weighted by molar-refractivity contribution is 5.95. The Balaban J connectivity index is 2.00. The Morgan fingerprint density at radius 3 is 2.36 bits per heavy atom. The quantitative estimate of drug-likeness (QED) is 0.405. The van der Waals surface area contributed by atoms with Gasteiger partial charge in [0.05, 0.1) is 6.42 Å². The molecule has 0 saturated heterocycles. The van der Waals surface area contributed by atoms with E-state index in [9.17, 15) is 19.2 Å². The van der Waals surface area contributed by atoms with Crippen molar-refractivity contribution in [3.8, 4) is 0 Å². The van der Waals surface area contributed by atoms with Crippen LogP contribution in [-0.2, 0) is 25.7 Å². The number of nitrogens with one attached hydrogen (secondary N) is 2. The van der Waals surface area contributed by atoms with Crippen molar-refractivity contribution >= 4 is 29.9 Å². The summed E-state index contributed by atoms with van der Waals surface area (Å²) in [7, 11) is 0. The minimum Gasteiger partial charge on any atom is -0.444 e. The first-order chi connectivity index (χ1) is 18.4. The number of carbonyl (C=O) groups excluding carboxylic acids is 4. The summed E-state index contributed by atoms with van der Waals surface area (Å²) in [4.78, 5) is 53.9. The minimum atomic E-state index is -1.31. The van der Waals surface area contributed by atoms with Gasteiger partial charge in [-0.1, -0.05) is 68.1 Å². The van der Waals surface area contributed by atoms with Crippen LogP contribution < -0.4 is 16.4 Å². The second kappa shape index (κ2) is 12.6. The highest BCUT2D eigenvalue weighted by atomic mass is 16.6. The fourth-order valence-corrected chi connectivity index (χ4v) is 4.38. The number of carbonyl (C=O) groups is 4. The molecule has 4 amide bonds. The van der Waals surface area contributed by atoms with Crippen molar-refractivity contribution < 1.29 is 23.9 Å². The van der Waals surface area contributed by atoms with Gasteiger partial charge < -0.3 is 26.0 Å². The van der Waals surface area contributed by atoms with E-state index in [2.05, 4.69) is 17.2 Å². The molecule has 1 aliphatic carbocycles. The van der Waals surface area contributed by atoms with E-state index in [1.807, 2.05) is 43.3 Å². The zero-order valence-electron chi connectivity index (χ0n) is 23.0. The van der Waals surface area contributed by atoms with Crippen molar-refractivity contribution in [3.05, 3.63) is 77.9 Å². The lowest BCUT2D eigenvalue weighted by molar-refractivity contribution is -0.144. The number of ether oxygens (including phenoxy) is 1. The maximum Gasteiger partial charge on any atom is 0.408 e. The van der Waals surface area contributed by atoms with E-state index in [1.54, 1.807) is 45.0 Å². The fraction of sp³-hybridized carbons (Fsp3) is 0.400. The minimum absolute atomic E-state index is 0.122. The maximum absolute atomic E-state index is 14.1. The summed E-state index contributed by atoms with van der Waals surface area (Å²) < 4.78 is 5.32. The van der Waals surface area contributed by atoms with Crippen molar-refractivity contribution in [3.63, 3.8) is 0 Å². The first-order valence-electron chi connectivity index (χ1n) is 13.0. The Morgan fingerprint density at radius 2 is 1.79 bits per heavy atom. The van der Waals surface area contributed by atoms with Gasteiger partial charge in [-0.25, -0.2) is 4.79 Å². The number of nitrogens with zero attached hydrogens (tertiary/aromatic N) is 1. The molecular formula is C30H38N4O5. The van der Waals surface area contributed by atoms with Gasteiger partial charge in [-0.3, -0.25) is 14.4 Å². The Kier molecular flexibility index (Phi) is 9.51. The average molecular weight is 535 g/mol. The van der Waals surface area contributed by atoms with Crippen LogP contribution in [0.3, 0.4) is 0 Å².